The Hall–Kier alpha value is -3.33. The van der Waals surface area contributed by atoms with Crippen molar-refractivity contribution in [1.82, 2.24) is 15.5 Å². The molecule has 1 saturated heterocycles. The second kappa shape index (κ2) is 13.2. The second-order valence-corrected chi connectivity index (χ2v) is 11.1. The maximum absolute atomic E-state index is 13.7. The van der Waals surface area contributed by atoms with Crippen LogP contribution in [0.25, 0.3) is 0 Å². The van der Waals surface area contributed by atoms with Crippen LogP contribution in [0.15, 0.2) is 48.5 Å². The highest BCUT2D eigenvalue weighted by atomic mass is 32.1. The molecule has 0 spiro atoms. The van der Waals surface area contributed by atoms with Gasteiger partial charge in [-0.2, -0.15) is 12.6 Å². The van der Waals surface area contributed by atoms with E-state index >= 15 is 0 Å². The molecule has 0 aliphatic carbocycles. The molecule has 1 unspecified atom stereocenters. The molecule has 2 aliphatic rings. The van der Waals surface area contributed by atoms with Crippen LogP contribution in [0, 0.1) is 0 Å². The fourth-order valence-electron chi connectivity index (χ4n) is 5.41. The van der Waals surface area contributed by atoms with Crippen LogP contribution in [-0.2, 0) is 38.6 Å². The first-order valence-electron chi connectivity index (χ1n) is 13.8. The third-order valence-corrected chi connectivity index (χ3v) is 8.02. The molecule has 1 fully saturated rings. The molecule has 4 amide bonds. The van der Waals surface area contributed by atoms with Gasteiger partial charge in [-0.3, -0.25) is 19.2 Å². The van der Waals surface area contributed by atoms with Crippen molar-refractivity contribution in [1.29, 1.82) is 0 Å². The minimum absolute atomic E-state index is 0.130. The number of hydrogen-bond donors (Lipinski definition) is 4. The first-order valence-corrected chi connectivity index (χ1v) is 14.4. The van der Waals surface area contributed by atoms with Crippen molar-refractivity contribution in [2.45, 2.75) is 76.4 Å². The van der Waals surface area contributed by atoms with Crippen LogP contribution in [0.3, 0.4) is 0 Å². The summed E-state index contributed by atoms with van der Waals surface area (Å²) in [6, 6.07) is 14.0. The number of nitrogens with zero attached hydrogens (tertiary/aromatic N) is 1. The summed E-state index contributed by atoms with van der Waals surface area (Å²) in [5.74, 6) is -0.151. The van der Waals surface area contributed by atoms with E-state index in [9.17, 15) is 19.2 Å². The summed E-state index contributed by atoms with van der Waals surface area (Å²) in [6.07, 6.45) is 4.58. The Bertz CT molecular complexity index is 1220. The number of unbranched alkanes of at least 4 members (excludes halogenated alkanes) is 2. The number of amides is 4. The zero-order valence-electron chi connectivity index (χ0n) is 22.5. The number of anilines is 1. The highest BCUT2D eigenvalue weighted by molar-refractivity contribution is 7.80. The van der Waals surface area contributed by atoms with Gasteiger partial charge < -0.3 is 20.9 Å². The van der Waals surface area contributed by atoms with Crippen molar-refractivity contribution in [2.24, 2.45) is 0 Å². The van der Waals surface area contributed by atoms with Crippen molar-refractivity contribution < 1.29 is 19.2 Å². The van der Waals surface area contributed by atoms with Gasteiger partial charge in [-0.1, -0.05) is 49.2 Å². The highest BCUT2D eigenvalue weighted by Gasteiger charge is 2.46. The summed E-state index contributed by atoms with van der Waals surface area (Å²) >= 11 is 4.27. The topological polar surface area (TPSA) is 108 Å². The lowest BCUT2D eigenvalue weighted by Crippen LogP contribution is -2.59. The van der Waals surface area contributed by atoms with Crippen molar-refractivity contribution in [3.63, 3.8) is 0 Å². The van der Waals surface area contributed by atoms with Gasteiger partial charge in [0.05, 0.1) is 12.8 Å². The molecule has 2 aromatic carbocycles. The lowest BCUT2D eigenvalue weighted by Gasteiger charge is -2.35. The molecule has 2 aliphatic heterocycles. The molecule has 4 rings (SSSR count). The van der Waals surface area contributed by atoms with Crippen molar-refractivity contribution in [3.05, 3.63) is 65.2 Å². The van der Waals surface area contributed by atoms with Crippen LogP contribution in [0.4, 0.5) is 5.69 Å². The Balaban J connectivity index is 1.65. The predicted molar refractivity (Wildman–Crippen MR) is 154 cm³/mol. The highest BCUT2D eigenvalue weighted by Crippen LogP contribution is 2.31. The van der Waals surface area contributed by atoms with E-state index in [1.807, 2.05) is 30.3 Å². The molecule has 9 heteroatoms. The van der Waals surface area contributed by atoms with Crippen molar-refractivity contribution in [2.75, 3.05) is 17.6 Å². The molecule has 39 heavy (non-hydrogen) atoms. The number of hydrogen-bond acceptors (Lipinski definition) is 5. The van der Waals surface area contributed by atoms with E-state index in [1.54, 1.807) is 30.0 Å². The third-order valence-electron chi connectivity index (χ3n) is 7.70. The molecule has 2 heterocycles. The van der Waals surface area contributed by atoms with E-state index in [4.69, 9.17) is 0 Å². The molecule has 2 aromatic rings. The monoisotopic (exact) mass is 550 g/mol. The smallest absolute Gasteiger partial charge is 0.246 e. The van der Waals surface area contributed by atoms with Gasteiger partial charge in [0, 0.05) is 18.8 Å². The van der Waals surface area contributed by atoms with Crippen LogP contribution < -0.4 is 16.0 Å². The van der Waals surface area contributed by atoms with Crippen LogP contribution in [0.1, 0.15) is 62.1 Å². The molecule has 2 bridgehead atoms. The fraction of sp³-hybridized carbons (Fsp3) is 0.467. The molecular formula is C30H38N4O4S. The van der Waals surface area contributed by atoms with Gasteiger partial charge in [-0.15, -0.1) is 0 Å². The fourth-order valence-corrected chi connectivity index (χ4v) is 5.63. The quantitative estimate of drug-likeness (QED) is 0.338. The van der Waals surface area contributed by atoms with E-state index in [0.717, 1.165) is 41.7 Å². The van der Waals surface area contributed by atoms with Gasteiger partial charge in [0.15, 0.2) is 0 Å². The third kappa shape index (κ3) is 7.20. The van der Waals surface area contributed by atoms with E-state index < -0.39 is 11.6 Å². The van der Waals surface area contributed by atoms with E-state index in [2.05, 4.69) is 28.6 Å². The van der Waals surface area contributed by atoms with Gasteiger partial charge in [-0.25, -0.2) is 0 Å². The van der Waals surface area contributed by atoms with E-state index in [0.29, 0.717) is 38.0 Å². The van der Waals surface area contributed by atoms with Crippen LogP contribution >= 0.6 is 12.6 Å². The maximum Gasteiger partial charge on any atom is 0.246 e. The van der Waals surface area contributed by atoms with Gasteiger partial charge in [-0.05, 0) is 67.2 Å². The SMILES string of the molecule is CC12CCCN1C(=O)Cc1ccccc1CNC(=O)Cc1cccc(c1)NC(=O)[C@H](CCCCCS)NC2=O. The summed E-state index contributed by atoms with van der Waals surface area (Å²) < 4.78 is 0. The van der Waals surface area contributed by atoms with Crippen LogP contribution in [-0.4, -0.2) is 52.4 Å². The summed E-state index contributed by atoms with van der Waals surface area (Å²) in [4.78, 5) is 55.0. The van der Waals surface area contributed by atoms with Gasteiger partial charge >= 0.3 is 0 Å². The number of nitrogens with one attached hydrogen (secondary N) is 3. The normalized spacial score (nSPS) is 22.6. The summed E-state index contributed by atoms with van der Waals surface area (Å²) in [5, 5.41) is 8.87. The molecular weight excluding hydrogens is 512 g/mol. The second-order valence-electron chi connectivity index (χ2n) is 10.6. The number of thiol groups is 1. The number of benzene rings is 2. The van der Waals surface area contributed by atoms with Gasteiger partial charge in [0.2, 0.25) is 23.6 Å². The van der Waals surface area contributed by atoms with Crippen molar-refractivity contribution >= 4 is 41.9 Å². The van der Waals surface area contributed by atoms with Gasteiger partial charge in [0.1, 0.15) is 11.6 Å². The molecule has 0 radical (unpaired) electrons. The van der Waals surface area contributed by atoms with Crippen molar-refractivity contribution in [3.8, 4) is 0 Å². The standard InChI is InChI=1S/C30H38N4O4S/c1-30-14-8-15-34(30)27(36)19-22-10-4-5-11-23(22)20-31-26(35)18-21-9-7-12-24(17-21)32-28(37)25(33-29(30)38)13-3-2-6-16-39/h4-5,7,9-12,17,25,39H,2-3,6,8,13-16,18-20H2,1H3,(H,31,35)(H,32,37)(H,33,38)/t25-,30?/m0/s1. The average Bonchev–Trinajstić information content (AvgIpc) is 3.32. The minimum atomic E-state index is -1.05. The first-order chi connectivity index (χ1) is 18.8. The maximum atomic E-state index is 13.7. The number of carbonyl (C=O) groups excluding carboxylic acids is 4. The average molecular weight is 551 g/mol. The molecule has 8 nitrogen and oxygen atoms in total. The largest absolute Gasteiger partial charge is 0.352 e. The molecule has 208 valence electrons. The lowest BCUT2D eigenvalue weighted by molar-refractivity contribution is -0.144. The van der Waals surface area contributed by atoms with Crippen LogP contribution in [0.5, 0.6) is 0 Å². The number of rotatable bonds is 5. The predicted octanol–water partition coefficient (Wildman–Crippen LogP) is 3.40. The Labute approximate surface area is 235 Å². The zero-order valence-corrected chi connectivity index (χ0v) is 23.4. The first kappa shape index (κ1) is 28.7. The van der Waals surface area contributed by atoms with Crippen LogP contribution in [0.2, 0.25) is 0 Å². The minimum Gasteiger partial charge on any atom is -0.352 e. The van der Waals surface area contributed by atoms with E-state index in [1.165, 1.54) is 0 Å². The summed E-state index contributed by atoms with van der Waals surface area (Å²) in [5.41, 5.74) is 1.97. The lowest BCUT2D eigenvalue weighted by atomic mass is 9.95. The molecule has 2 atom stereocenters. The molecule has 0 aromatic heterocycles. The Kier molecular flexibility index (Phi) is 9.67. The Morgan fingerprint density at radius 2 is 1.77 bits per heavy atom. The Morgan fingerprint density at radius 3 is 2.56 bits per heavy atom. The Morgan fingerprint density at radius 1 is 0.974 bits per heavy atom. The summed E-state index contributed by atoms with van der Waals surface area (Å²) in [6.45, 7) is 2.57. The number of carbonyl (C=O) groups is 4. The zero-order chi connectivity index (χ0) is 27.8. The molecule has 0 saturated carbocycles. The number of fused-ring (bicyclic) bond motifs is 4. The summed E-state index contributed by atoms with van der Waals surface area (Å²) in [7, 11) is 0. The van der Waals surface area contributed by atoms with Gasteiger partial charge in [0.25, 0.3) is 0 Å². The van der Waals surface area contributed by atoms with E-state index in [-0.39, 0.29) is 36.5 Å². The molecule has 3 N–H and O–H groups in total.